The zero-order valence-corrected chi connectivity index (χ0v) is 8.95. The van der Waals surface area contributed by atoms with Gasteiger partial charge in [0, 0.05) is 16.3 Å². The number of halogens is 2. The smallest absolute Gasteiger partial charge is 0.258 e. The van der Waals surface area contributed by atoms with Crippen molar-refractivity contribution < 1.29 is 24.2 Å². The molecule has 0 aromatic rings. The molecule has 0 bridgehead atoms. The lowest BCUT2D eigenvalue weighted by atomic mass is 14.0. The van der Waals surface area contributed by atoms with E-state index in [0.717, 1.165) is 0 Å². The molecular formula is H14I2NO2PS. The summed E-state index contributed by atoms with van der Waals surface area (Å²) in [6.45, 7) is -2.69. The summed E-state index contributed by atoms with van der Waals surface area (Å²) in [5.41, 5.74) is 0. The van der Waals surface area contributed by atoms with Crippen LogP contribution in [0, 0.1) is 4.78 Å². The molecule has 2 unspecified atom stereocenters. The summed E-state index contributed by atoms with van der Waals surface area (Å²) in [6, 6.07) is 0. The largest absolute Gasteiger partial charge is 0.616 e. The summed E-state index contributed by atoms with van der Waals surface area (Å²) in [5.74, 6) is 0. The minimum Gasteiger partial charge on any atom is -0.616 e. The first-order valence-electron chi connectivity index (χ1n) is 6.46. The van der Waals surface area contributed by atoms with E-state index in [9.17, 15) is 7.96 Å². The van der Waals surface area contributed by atoms with Gasteiger partial charge in [0.1, 0.15) is 0 Å². The monoisotopic (exact) mass is 390 g/mol. The third-order valence-corrected chi connectivity index (χ3v) is 17.0. The van der Waals surface area contributed by atoms with E-state index in [1.807, 2.05) is 0 Å². The fourth-order valence-corrected chi connectivity index (χ4v) is 5.01. The molecule has 2 atom stereocenters. The quantitative estimate of drug-likeness (QED) is 0.411. The van der Waals surface area contributed by atoms with Crippen molar-refractivity contribution in [3.8, 4) is 0 Å². The van der Waals surface area contributed by atoms with Crippen LogP contribution in [0.5, 0.6) is 0 Å². The number of rotatable bonds is 1. The average molecular weight is 390 g/mol. The van der Waals surface area contributed by atoms with Crippen LogP contribution in [0.4, 0.5) is 0 Å². The van der Waals surface area contributed by atoms with Crippen LogP contribution in [0.25, 0.3) is 0 Å². The summed E-state index contributed by atoms with van der Waals surface area (Å²) >= 11 is -0.220. The molecule has 0 spiro atoms. The zero-order valence-electron chi connectivity index (χ0n) is 13.9. The highest BCUT2D eigenvalue weighted by molar-refractivity contribution is 14.2. The van der Waals surface area contributed by atoms with Gasteiger partial charge in [0.15, 0.2) is 5.69 Å². The van der Waals surface area contributed by atoms with Gasteiger partial charge in [-0.05, 0) is 0 Å². The van der Waals surface area contributed by atoms with Crippen molar-refractivity contribution in [1.29, 1.82) is 5.90 Å². The summed E-state index contributed by atoms with van der Waals surface area (Å²) in [7, 11) is 0. The van der Waals surface area contributed by atoms with Gasteiger partial charge in [-0.15, -0.1) is 0 Å². The molecule has 7 heteroatoms. The highest BCUT2D eigenvalue weighted by atomic mass is 127. The molecule has 0 radical (unpaired) electrons. The molecule has 0 aliphatic rings. The predicted octanol–water partition coefficient (Wildman–Crippen LogP) is 2.83. The molecule has 0 saturated heterocycles. The molecule has 0 fully saturated rings. The lowest BCUT2D eigenvalue weighted by Gasteiger charge is -1.76. The van der Waals surface area contributed by atoms with Gasteiger partial charge < -0.3 is 4.89 Å². The number of nitrogens with one attached hydrogen (secondary N) is 1. The lowest BCUT2D eigenvalue weighted by molar-refractivity contribution is -0.144. The summed E-state index contributed by atoms with van der Waals surface area (Å²) in [5, 5.41) is 0. The minimum atomic E-state index is -2.69. The maximum Gasteiger partial charge on any atom is 0.258 e. The molecule has 0 rings (SSSR count). The lowest BCUT2D eigenvalue weighted by Crippen LogP contribution is -1.76. The number of thiol groups is 1. The van der Waals surface area contributed by atoms with E-state index in [4.69, 9.17) is 20.8 Å². The van der Waals surface area contributed by atoms with Gasteiger partial charge >= 0.3 is 0 Å². The van der Waals surface area contributed by atoms with E-state index >= 15 is 0 Å². The van der Waals surface area contributed by atoms with Crippen molar-refractivity contribution in [2.75, 3.05) is 0 Å². The van der Waals surface area contributed by atoms with Gasteiger partial charge in [0.25, 0.3) is 19.8 Å². The Bertz CT molecular complexity index is 216. The van der Waals surface area contributed by atoms with Gasteiger partial charge in [-0.1, -0.05) is 0 Å². The highest BCUT2D eigenvalue weighted by Gasteiger charge is 1.85. The third-order valence-electron chi connectivity index (χ3n) is 0.186. The molecule has 0 aliphatic carbocycles. The molecule has 0 aromatic heterocycles. The van der Waals surface area contributed by atoms with Crippen LogP contribution < -0.4 is 4.89 Å². The van der Waals surface area contributed by atoms with Crippen LogP contribution in [-0.4, -0.2) is 1.12 Å². The first-order chi connectivity index (χ1) is 8.50. The normalized spacial score (nSPS) is 28.3. The van der Waals surface area contributed by atoms with Crippen LogP contribution in [0.15, 0.2) is 0 Å². The van der Waals surface area contributed by atoms with Crippen molar-refractivity contribution in [3.05, 3.63) is 0 Å². The van der Waals surface area contributed by atoms with Crippen LogP contribution in [0.1, 0.15) is 16.3 Å². The Morgan fingerprint density at radius 1 is 2.57 bits per heavy atom. The Morgan fingerprint density at radius 3 is 3.00 bits per heavy atom. The average Bonchev–Trinajstić information content (AvgIpc) is 2.49. The van der Waals surface area contributed by atoms with E-state index in [-0.39, 0.29) is 1.43 Å². The number of hydrogen-bond donors (Lipinski definition) is 2. The standard InChI is InChI=1S/H2I2NO2PS.6H2/c1-6(5)7(3)2-4;;;;;;/h3,7H;6*1H/i7T;5*1+1D;1+1. The first kappa shape index (κ1) is 2.73. The molecule has 0 aliphatic heterocycles. The van der Waals surface area contributed by atoms with E-state index in [2.05, 4.69) is 0 Å². The van der Waals surface area contributed by atoms with Crippen molar-refractivity contribution >= 4 is 53.4 Å². The van der Waals surface area contributed by atoms with Crippen molar-refractivity contribution in [2.24, 2.45) is 0 Å². The molecule has 0 heterocycles. The second-order valence-electron chi connectivity index (χ2n) is 0.513. The zero-order chi connectivity index (χ0) is 16.8. The molecule has 0 saturated carbocycles. The molecule has 56 valence electrons. The van der Waals surface area contributed by atoms with Gasteiger partial charge in [0.2, 0.25) is 22.0 Å². The summed E-state index contributed by atoms with van der Waals surface area (Å²) < 4.78 is 71.8. The maximum absolute atomic E-state index is 10.3. The number of hydrogen-bond acceptors (Lipinski definition) is 3. The topological polar surface area (TPSA) is 64.0 Å². The van der Waals surface area contributed by atoms with Crippen LogP contribution in [0.2, 0.25) is 0 Å². The molecule has 3 nitrogen and oxygen atoms in total. The molecule has 0 aromatic carbocycles. The van der Waals surface area contributed by atoms with Crippen LogP contribution in [-0.2, 0) is 10.0 Å². The Hall–Kier alpha value is 1.67. The predicted molar refractivity (Wildman–Crippen MR) is 59.8 cm³/mol. The van der Waals surface area contributed by atoms with Gasteiger partial charge in [0.05, 0.1) is 6.94 Å². The summed E-state index contributed by atoms with van der Waals surface area (Å²) in [4.78, 5) is 10.3. The highest BCUT2D eigenvalue weighted by Crippen LogP contribution is 2.28. The second kappa shape index (κ2) is 4.54. The molecule has 7 heavy (non-hydrogen) atoms. The van der Waals surface area contributed by atoms with E-state index in [1.165, 1.54) is 22.0 Å². The fourth-order valence-electron chi connectivity index (χ4n) is 0.0221. The fraction of sp³-hybridized carbons (Fsp3) is 0. The Morgan fingerprint density at radius 2 is 3.00 bits per heavy atom. The molecule has 0 amide bonds. The Labute approximate surface area is 83.4 Å². The van der Waals surface area contributed by atoms with Crippen LogP contribution in [0.3, 0.4) is 0 Å². The SMILES string of the molecule is [2HH].[2H][2H].[2H][2H].[2H][2H].[2H][2H].[2H][2H].[3H]S(=N)(I=O)=[P+]([O-])I. The van der Waals surface area contributed by atoms with E-state index in [0.29, 0.717) is 0 Å². The molecule has 1 N–H and O–H groups in total. The first-order valence-corrected chi connectivity index (χ1v) is 10.3. The van der Waals surface area contributed by atoms with Gasteiger partial charge in [-0.25, -0.2) is 4.78 Å². The van der Waals surface area contributed by atoms with Crippen molar-refractivity contribution in [1.82, 2.24) is 0 Å². The third kappa shape index (κ3) is 4.19. The second-order valence-corrected chi connectivity index (χ2v) is 14.0. The maximum atomic E-state index is 10.3. The van der Waals surface area contributed by atoms with Gasteiger partial charge in [-0.3, -0.25) is 3.07 Å². The van der Waals surface area contributed by atoms with Gasteiger partial charge in [-0.2, -0.15) is 0 Å². The van der Waals surface area contributed by atoms with Crippen LogP contribution >= 0.6 is 46.4 Å². The Kier molecular flexibility index (Phi) is 1.77. The Balaban J connectivity index is -0.0000000223. The van der Waals surface area contributed by atoms with Crippen molar-refractivity contribution in [3.63, 3.8) is 0 Å². The minimum absolute atomic E-state index is 0. The molecular weight excluding hydrogens is 363 g/mol. The van der Waals surface area contributed by atoms with E-state index in [1.54, 1.807) is 0 Å². The van der Waals surface area contributed by atoms with E-state index < -0.39 is 31.3 Å². The van der Waals surface area contributed by atoms with Crippen molar-refractivity contribution in [2.45, 2.75) is 0 Å². The summed E-state index contributed by atoms with van der Waals surface area (Å²) in [6.07, 6.45) is 0.